The fourth-order valence-electron chi connectivity index (χ4n) is 2.60. The van der Waals surface area contributed by atoms with E-state index in [1.807, 2.05) is 23.1 Å². The smallest absolute Gasteiger partial charge is 0.224 e. The predicted octanol–water partition coefficient (Wildman–Crippen LogP) is 1.94. The Morgan fingerprint density at radius 2 is 1.94 bits per heavy atom. The van der Waals surface area contributed by atoms with Gasteiger partial charge in [0, 0.05) is 19.0 Å². The molecule has 0 aliphatic carbocycles. The van der Waals surface area contributed by atoms with E-state index in [-0.39, 0.29) is 18.0 Å². The van der Waals surface area contributed by atoms with Crippen LogP contribution in [0.1, 0.15) is 31.9 Å². The molecule has 1 aliphatic rings. The first kappa shape index (κ1) is 12.1. The standard InChI is InChI=1S/C14H20N2O/c1-10(2)14(11-6-4-3-5-7-11)16-9-12(15)8-13(16)17/h3-7,10,12,14H,8-9,15H2,1-2H3. The lowest BCUT2D eigenvalue weighted by Gasteiger charge is -2.31. The second kappa shape index (κ2) is 4.88. The van der Waals surface area contributed by atoms with Crippen molar-refractivity contribution in [2.45, 2.75) is 32.4 Å². The van der Waals surface area contributed by atoms with Crippen LogP contribution in [0.2, 0.25) is 0 Å². The van der Waals surface area contributed by atoms with Crippen LogP contribution in [0.5, 0.6) is 0 Å². The number of hydrogen-bond donors (Lipinski definition) is 1. The average molecular weight is 232 g/mol. The third kappa shape index (κ3) is 2.50. The molecule has 3 heteroatoms. The van der Waals surface area contributed by atoms with Crippen molar-refractivity contribution in [1.82, 2.24) is 4.90 Å². The van der Waals surface area contributed by atoms with E-state index in [9.17, 15) is 4.79 Å². The van der Waals surface area contributed by atoms with Gasteiger partial charge in [-0.3, -0.25) is 4.79 Å². The van der Waals surface area contributed by atoms with Crippen molar-refractivity contribution in [2.24, 2.45) is 11.7 Å². The van der Waals surface area contributed by atoms with Crippen molar-refractivity contribution < 1.29 is 4.79 Å². The van der Waals surface area contributed by atoms with Crippen molar-refractivity contribution in [3.05, 3.63) is 35.9 Å². The first-order valence-corrected chi connectivity index (χ1v) is 6.19. The molecule has 3 nitrogen and oxygen atoms in total. The van der Waals surface area contributed by atoms with Gasteiger partial charge in [-0.15, -0.1) is 0 Å². The SMILES string of the molecule is CC(C)C(c1ccccc1)N1CC(N)CC1=O. The van der Waals surface area contributed by atoms with Crippen LogP contribution in [-0.2, 0) is 4.79 Å². The summed E-state index contributed by atoms with van der Waals surface area (Å²) in [6.45, 7) is 4.97. The van der Waals surface area contributed by atoms with Crippen LogP contribution >= 0.6 is 0 Å². The summed E-state index contributed by atoms with van der Waals surface area (Å²) in [7, 11) is 0. The van der Waals surface area contributed by atoms with Crippen molar-refractivity contribution in [3.63, 3.8) is 0 Å². The van der Waals surface area contributed by atoms with Crippen LogP contribution in [0.3, 0.4) is 0 Å². The van der Waals surface area contributed by atoms with E-state index in [1.165, 1.54) is 5.56 Å². The van der Waals surface area contributed by atoms with Crippen molar-refractivity contribution in [1.29, 1.82) is 0 Å². The maximum Gasteiger partial charge on any atom is 0.224 e. The summed E-state index contributed by atoms with van der Waals surface area (Å²) in [6.07, 6.45) is 0.482. The predicted molar refractivity (Wildman–Crippen MR) is 68.3 cm³/mol. The molecule has 92 valence electrons. The minimum Gasteiger partial charge on any atom is -0.334 e. The minimum atomic E-state index is -0.00698. The summed E-state index contributed by atoms with van der Waals surface area (Å²) in [5.41, 5.74) is 7.07. The molecule has 0 saturated carbocycles. The number of likely N-dealkylation sites (tertiary alicyclic amines) is 1. The van der Waals surface area contributed by atoms with Gasteiger partial charge in [0.1, 0.15) is 0 Å². The molecule has 1 aromatic rings. The Hall–Kier alpha value is -1.35. The number of carbonyl (C=O) groups is 1. The lowest BCUT2D eigenvalue weighted by Crippen LogP contribution is -2.35. The molecule has 2 rings (SSSR count). The summed E-state index contributed by atoms with van der Waals surface area (Å²) in [5.74, 6) is 0.576. The lowest BCUT2D eigenvalue weighted by atomic mass is 9.94. The second-order valence-corrected chi connectivity index (χ2v) is 5.11. The van der Waals surface area contributed by atoms with E-state index in [0.717, 1.165) is 0 Å². The highest BCUT2D eigenvalue weighted by Gasteiger charge is 2.34. The van der Waals surface area contributed by atoms with E-state index in [2.05, 4.69) is 26.0 Å². The van der Waals surface area contributed by atoms with Crippen LogP contribution in [-0.4, -0.2) is 23.4 Å². The number of rotatable bonds is 3. The molecule has 0 aromatic heterocycles. The number of hydrogen-bond acceptors (Lipinski definition) is 2. The summed E-state index contributed by atoms with van der Waals surface area (Å²) in [5, 5.41) is 0. The summed E-state index contributed by atoms with van der Waals surface area (Å²) in [6, 6.07) is 10.3. The van der Waals surface area contributed by atoms with Gasteiger partial charge in [0.05, 0.1) is 6.04 Å². The highest BCUT2D eigenvalue weighted by atomic mass is 16.2. The Labute approximate surface area is 103 Å². The first-order chi connectivity index (χ1) is 8.09. The van der Waals surface area contributed by atoms with Gasteiger partial charge in [0.15, 0.2) is 0 Å². The molecule has 17 heavy (non-hydrogen) atoms. The highest BCUT2D eigenvalue weighted by Crippen LogP contribution is 2.31. The van der Waals surface area contributed by atoms with Crippen LogP contribution in [0, 0.1) is 5.92 Å². The third-order valence-electron chi connectivity index (χ3n) is 3.30. The van der Waals surface area contributed by atoms with E-state index in [4.69, 9.17) is 5.73 Å². The van der Waals surface area contributed by atoms with Crippen molar-refractivity contribution in [2.75, 3.05) is 6.54 Å². The van der Waals surface area contributed by atoms with E-state index in [0.29, 0.717) is 18.9 Å². The van der Waals surface area contributed by atoms with Crippen molar-refractivity contribution in [3.8, 4) is 0 Å². The molecule has 2 N–H and O–H groups in total. The molecule has 1 saturated heterocycles. The lowest BCUT2D eigenvalue weighted by molar-refractivity contribution is -0.130. The molecule has 1 heterocycles. The monoisotopic (exact) mass is 232 g/mol. The van der Waals surface area contributed by atoms with Gasteiger partial charge in [0.25, 0.3) is 0 Å². The van der Waals surface area contributed by atoms with Gasteiger partial charge >= 0.3 is 0 Å². The maximum absolute atomic E-state index is 11.9. The largest absolute Gasteiger partial charge is 0.334 e. The number of amides is 1. The minimum absolute atomic E-state index is 0.00698. The zero-order chi connectivity index (χ0) is 12.4. The molecule has 1 aromatic carbocycles. The Balaban J connectivity index is 2.27. The highest BCUT2D eigenvalue weighted by molar-refractivity contribution is 5.79. The molecule has 1 amide bonds. The van der Waals surface area contributed by atoms with Gasteiger partial charge in [0.2, 0.25) is 5.91 Å². The summed E-state index contributed by atoms with van der Waals surface area (Å²) >= 11 is 0. The third-order valence-corrected chi connectivity index (χ3v) is 3.30. The van der Waals surface area contributed by atoms with Crippen LogP contribution in [0.15, 0.2) is 30.3 Å². The fraction of sp³-hybridized carbons (Fsp3) is 0.500. The normalized spacial score (nSPS) is 22.2. The van der Waals surface area contributed by atoms with Crippen LogP contribution in [0.4, 0.5) is 0 Å². The molecule has 1 aliphatic heterocycles. The fourth-order valence-corrected chi connectivity index (χ4v) is 2.60. The van der Waals surface area contributed by atoms with Gasteiger partial charge in [-0.1, -0.05) is 44.2 Å². The topological polar surface area (TPSA) is 46.3 Å². The van der Waals surface area contributed by atoms with Crippen LogP contribution < -0.4 is 5.73 Å². The molecule has 0 radical (unpaired) electrons. The van der Waals surface area contributed by atoms with E-state index < -0.39 is 0 Å². The maximum atomic E-state index is 11.9. The Bertz CT molecular complexity index is 388. The molecule has 0 bridgehead atoms. The average Bonchev–Trinajstić information content (AvgIpc) is 2.59. The number of nitrogens with two attached hydrogens (primary N) is 1. The summed E-state index contributed by atoms with van der Waals surface area (Å²) in [4.78, 5) is 13.9. The van der Waals surface area contributed by atoms with E-state index >= 15 is 0 Å². The summed E-state index contributed by atoms with van der Waals surface area (Å²) < 4.78 is 0. The zero-order valence-corrected chi connectivity index (χ0v) is 10.5. The van der Waals surface area contributed by atoms with Gasteiger partial charge in [-0.05, 0) is 11.5 Å². The Morgan fingerprint density at radius 3 is 2.41 bits per heavy atom. The number of carbonyl (C=O) groups excluding carboxylic acids is 1. The number of nitrogens with zero attached hydrogens (tertiary/aromatic N) is 1. The Kier molecular flexibility index (Phi) is 3.48. The van der Waals surface area contributed by atoms with Gasteiger partial charge in [-0.25, -0.2) is 0 Å². The van der Waals surface area contributed by atoms with Gasteiger partial charge < -0.3 is 10.6 Å². The Morgan fingerprint density at radius 1 is 1.29 bits per heavy atom. The quantitative estimate of drug-likeness (QED) is 0.865. The molecule has 1 fully saturated rings. The second-order valence-electron chi connectivity index (χ2n) is 5.11. The molecule has 0 spiro atoms. The van der Waals surface area contributed by atoms with E-state index in [1.54, 1.807) is 0 Å². The molecule has 2 unspecified atom stereocenters. The zero-order valence-electron chi connectivity index (χ0n) is 10.5. The molecular weight excluding hydrogens is 212 g/mol. The number of benzene rings is 1. The van der Waals surface area contributed by atoms with Crippen LogP contribution in [0.25, 0.3) is 0 Å². The first-order valence-electron chi connectivity index (χ1n) is 6.19. The molecule has 2 atom stereocenters. The van der Waals surface area contributed by atoms with Crippen molar-refractivity contribution >= 4 is 5.91 Å². The van der Waals surface area contributed by atoms with Gasteiger partial charge in [-0.2, -0.15) is 0 Å². The molecular formula is C14H20N2O.